The van der Waals surface area contributed by atoms with Crippen LogP contribution in [0.5, 0.6) is 0 Å². The molecular formula is C7H13BN4O2. The van der Waals surface area contributed by atoms with Crippen LogP contribution in [-0.2, 0) is 16.4 Å². The van der Waals surface area contributed by atoms with Gasteiger partial charge in [-0.05, 0) is 10.4 Å². The third-order valence-electron chi connectivity index (χ3n) is 2.11. The average Bonchev–Trinajstić information content (AvgIpc) is 2.52. The van der Waals surface area contributed by atoms with Crippen molar-refractivity contribution in [2.24, 2.45) is 12.5 Å². The van der Waals surface area contributed by atoms with Crippen LogP contribution in [0.25, 0.3) is 0 Å². The number of tetrazole rings is 1. The molecule has 0 atom stereocenters. The van der Waals surface area contributed by atoms with E-state index in [1.54, 1.807) is 11.7 Å². The van der Waals surface area contributed by atoms with Crippen molar-refractivity contribution in [3.05, 3.63) is 0 Å². The van der Waals surface area contributed by atoms with E-state index in [9.17, 15) is 0 Å². The molecule has 0 amide bonds. The third kappa shape index (κ3) is 1.78. The molecule has 0 saturated carbocycles. The Morgan fingerprint density at radius 3 is 2.50 bits per heavy atom. The van der Waals surface area contributed by atoms with Gasteiger partial charge in [0.2, 0.25) is 0 Å². The van der Waals surface area contributed by atoms with Crippen molar-refractivity contribution in [2.75, 3.05) is 13.2 Å². The van der Waals surface area contributed by atoms with Gasteiger partial charge in [0.1, 0.15) is 0 Å². The van der Waals surface area contributed by atoms with Gasteiger partial charge in [-0.1, -0.05) is 13.8 Å². The minimum absolute atomic E-state index is 0.0719. The van der Waals surface area contributed by atoms with E-state index in [1.165, 1.54) is 0 Å². The summed E-state index contributed by atoms with van der Waals surface area (Å²) < 4.78 is 12.6. The van der Waals surface area contributed by atoms with E-state index in [1.807, 2.05) is 0 Å². The van der Waals surface area contributed by atoms with Crippen LogP contribution in [0.2, 0.25) is 0 Å². The van der Waals surface area contributed by atoms with Gasteiger partial charge in [-0.15, -0.1) is 5.10 Å². The number of hydrogen-bond donors (Lipinski definition) is 0. The molecule has 0 spiro atoms. The lowest BCUT2D eigenvalue weighted by Crippen LogP contribution is -2.50. The minimum Gasteiger partial charge on any atom is -0.405 e. The van der Waals surface area contributed by atoms with Gasteiger partial charge in [0.05, 0.1) is 0 Å². The molecule has 2 rings (SSSR count). The molecule has 0 unspecified atom stereocenters. The second-order valence-electron chi connectivity index (χ2n) is 4.28. The summed E-state index contributed by atoms with van der Waals surface area (Å²) in [5.74, 6) is 0. The third-order valence-corrected chi connectivity index (χ3v) is 2.11. The first-order valence-electron chi connectivity index (χ1n) is 4.54. The van der Waals surface area contributed by atoms with Crippen LogP contribution in [0.1, 0.15) is 13.8 Å². The van der Waals surface area contributed by atoms with Crippen molar-refractivity contribution in [3.8, 4) is 0 Å². The van der Waals surface area contributed by atoms with Crippen LogP contribution >= 0.6 is 0 Å². The molecule has 0 bridgehead atoms. The van der Waals surface area contributed by atoms with Crippen molar-refractivity contribution < 1.29 is 9.31 Å². The Balaban J connectivity index is 2.06. The van der Waals surface area contributed by atoms with Gasteiger partial charge in [0.15, 0.2) is 5.72 Å². The molecule has 7 heteroatoms. The molecule has 1 aromatic heterocycles. The fourth-order valence-corrected chi connectivity index (χ4v) is 1.28. The van der Waals surface area contributed by atoms with Crippen LogP contribution < -0.4 is 5.72 Å². The van der Waals surface area contributed by atoms with E-state index < -0.39 is 7.12 Å². The Bertz CT molecular complexity index is 317. The number of aryl methyl sites for hydroxylation is 1. The standard InChI is InChI=1S/C7H13BN4O2/c1-7(2)4-13-8(14-5-7)6-9-10-11-12(6)3/h4-5H2,1-3H3. The molecule has 6 nitrogen and oxygen atoms in total. The Labute approximate surface area is 82.7 Å². The summed E-state index contributed by atoms with van der Waals surface area (Å²) in [5, 5.41) is 11.1. The lowest BCUT2D eigenvalue weighted by Gasteiger charge is -2.32. The normalized spacial score (nSPS) is 21.2. The van der Waals surface area contributed by atoms with Gasteiger partial charge in [-0.3, -0.25) is 0 Å². The van der Waals surface area contributed by atoms with E-state index >= 15 is 0 Å². The summed E-state index contributed by atoms with van der Waals surface area (Å²) in [6, 6.07) is 0. The molecule has 1 aliphatic heterocycles. The summed E-state index contributed by atoms with van der Waals surface area (Å²) in [7, 11) is 1.34. The highest BCUT2D eigenvalue weighted by Crippen LogP contribution is 2.20. The maximum atomic E-state index is 5.53. The van der Waals surface area contributed by atoms with E-state index in [0.29, 0.717) is 18.9 Å². The fraction of sp³-hybridized carbons (Fsp3) is 0.857. The Morgan fingerprint density at radius 2 is 2.00 bits per heavy atom. The molecule has 1 aromatic rings. The summed E-state index contributed by atoms with van der Waals surface area (Å²) >= 11 is 0. The highest BCUT2D eigenvalue weighted by molar-refractivity contribution is 6.59. The van der Waals surface area contributed by atoms with Crippen molar-refractivity contribution in [2.45, 2.75) is 13.8 Å². The SMILES string of the molecule is Cn1nnnc1B1OCC(C)(C)CO1. The van der Waals surface area contributed by atoms with Crippen LogP contribution in [0.4, 0.5) is 0 Å². The van der Waals surface area contributed by atoms with E-state index in [4.69, 9.17) is 9.31 Å². The summed E-state index contributed by atoms with van der Waals surface area (Å²) in [4.78, 5) is 0. The van der Waals surface area contributed by atoms with Crippen LogP contribution in [0.3, 0.4) is 0 Å². The predicted molar refractivity (Wildman–Crippen MR) is 49.9 cm³/mol. The predicted octanol–water partition coefficient (Wildman–Crippen LogP) is -1.02. The maximum absolute atomic E-state index is 5.53. The smallest absolute Gasteiger partial charge is 0.405 e. The highest BCUT2D eigenvalue weighted by Gasteiger charge is 2.36. The zero-order valence-electron chi connectivity index (χ0n) is 8.60. The van der Waals surface area contributed by atoms with Gasteiger partial charge in [0, 0.05) is 25.7 Å². The largest absolute Gasteiger partial charge is 0.535 e. The molecule has 76 valence electrons. The summed E-state index contributed by atoms with van der Waals surface area (Å²) in [5.41, 5.74) is 0.684. The highest BCUT2D eigenvalue weighted by atomic mass is 16.6. The van der Waals surface area contributed by atoms with Gasteiger partial charge in [0.25, 0.3) is 0 Å². The Kier molecular flexibility index (Phi) is 2.28. The van der Waals surface area contributed by atoms with E-state index in [-0.39, 0.29) is 5.41 Å². The first-order chi connectivity index (χ1) is 6.58. The fourth-order valence-electron chi connectivity index (χ4n) is 1.28. The molecule has 1 saturated heterocycles. The van der Waals surface area contributed by atoms with Crippen LogP contribution in [0, 0.1) is 5.41 Å². The number of aromatic nitrogens is 4. The quantitative estimate of drug-likeness (QED) is 0.538. The van der Waals surface area contributed by atoms with E-state index in [0.717, 1.165) is 0 Å². The lowest BCUT2D eigenvalue weighted by molar-refractivity contribution is 0.0333. The average molecular weight is 196 g/mol. The van der Waals surface area contributed by atoms with Crippen molar-refractivity contribution in [3.63, 3.8) is 0 Å². The number of hydrogen-bond acceptors (Lipinski definition) is 5. The van der Waals surface area contributed by atoms with Crippen LogP contribution in [-0.4, -0.2) is 40.5 Å². The Morgan fingerprint density at radius 1 is 1.36 bits per heavy atom. The molecular weight excluding hydrogens is 183 g/mol. The zero-order valence-corrected chi connectivity index (χ0v) is 8.60. The van der Waals surface area contributed by atoms with Gasteiger partial charge < -0.3 is 9.31 Å². The number of nitrogens with zero attached hydrogens (tertiary/aromatic N) is 4. The number of rotatable bonds is 1. The molecule has 0 aromatic carbocycles. The topological polar surface area (TPSA) is 62.1 Å². The van der Waals surface area contributed by atoms with Crippen LogP contribution in [0.15, 0.2) is 0 Å². The van der Waals surface area contributed by atoms with E-state index in [2.05, 4.69) is 29.4 Å². The second-order valence-corrected chi connectivity index (χ2v) is 4.28. The second kappa shape index (κ2) is 3.32. The molecule has 0 aliphatic carbocycles. The van der Waals surface area contributed by atoms with Gasteiger partial charge in [-0.2, -0.15) is 0 Å². The minimum atomic E-state index is -0.428. The molecule has 0 radical (unpaired) electrons. The summed E-state index contributed by atoms with van der Waals surface area (Å²) in [6.07, 6.45) is 0. The Hall–Kier alpha value is -0.945. The van der Waals surface area contributed by atoms with Crippen molar-refractivity contribution in [1.29, 1.82) is 0 Å². The first-order valence-corrected chi connectivity index (χ1v) is 4.54. The first kappa shape index (κ1) is 9.60. The van der Waals surface area contributed by atoms with Gasteiger partial charge >= 0.3 is 7.12 Å². The maximum Gasteiger partial charge on any atom is 0.535 e. The lowest BCUT2D eigenvalue weighted by atomic mass is 9.83. The molecule has 0 N–H and O–H groups in total. The van der Waals surface area contributed by atoms with Crippen molar-refractivity contribution >= 4 is 12.8 Å². The molecule has 14 heavy (non-hydrogen) atoms. The van der Waals surface area contributed by atoms with Crippen molar-refractivity contribution in [1.82, 2.24) is 20.2 Å². The molecule has 2 heterocycles. The molecule has 1 aliphatic rings. The van der Waals surface area contributed by atoms with Gasteiger partial charge in [-0.25, -0.2) is 4.68 Å². The summed E-state index contributed by atoms with van der Waals surface area (Å²) in [6.45, 7) is 5.51. The monoisotopic (exact) mass is 196 g/mol. The molecule has 1 fully saturated rings. The zero-order chi connectivity index (χ0) is 10.2.